The lowest BCUT2D eigenvalue weighted by molar-refractivity contribution is 0.0952. The average Bonchev–Trinajstić information content (AvgIpc) is 2.90. The van der Waals surface area contributed by atoms with E-state index < -0.39 is 0 Å². The van der Waals surface area contributed by atoms with Gasteiger partial charge in [-0.1, -0.05) is 13.8 Å². The number of hydrogen-bond donors (Lipinski definition) is 1. The Morgan fingerprint density at radius 3 is 2.70 bits per heavy atom. The summed E-state index contributed by atoms with van der Waals surface area (Å²) >= 11 is 1.39. The number of thiophene rings is 1. The largest absolute Gasteiger partial charge is 0.477 e. The van der Waals surface area contributed by atoms with E-state index in [4.69, 9.17) is 4.74 Å². The van der Waals surface area contributed by atoms with Gasteiger partial charge in [-0.15, -0.1) is 11.3 Å². The highest BCUT2D eigenvalue weighted by Crippen LogP contribution is 2.34. The number of likely N-dealkylation sites (N-methyl/N-ethyl adjacent to an activating group) is 1. The monoisotopic (exact) mass is 336 g/mol. The Balaban J connectivity index is 2.15. The van der Waals surface area contributed by atoms with Crippen molar-refractivity contribution in [3.8, 4) is 5.88 Å². The molecule has 0 fully saturated rings. The van der Waals surface area contributed by atoms with Gasteiger partial charge in [0, 0.05) is 13.1 Å². The van der Waals surface area contributed by atoms with Gasteiger partial charge < -0.3 is 15.0 Å². The summed E-state index contributed by atoms with van der Waals surface area (Å²) in [5.41, 5.74) is 0.884. The minimum Gasteiger partial charge on any atom is -0.477 e. The number of aromatic nitrogens is 2. The normalized spacial score (nSPS) is 11.2. The summed E-state index contributed by atoms with van der Waals surface area (Å²) in [6.07, 6.45) is 1.48. The molecule has 126 valence electrons. The van der Waals surface area contributed by atoms with Crippen LogP contribution in [-0.4, -0.2) is 53.6 Å². The van der Waals surface area contributed by atoms with E-state index in [1.54, 1.807) is 0 Å². The summed E-state index contributed by atoms with van der Waals surface area (Å²) < 4.78 is 5.55. The molecular weight excluding hydrogens is 312 g/mol. The number of carbonyl (C=O) groups excluding carboxylic acids is 1. The zero-order valence-corrected chi connectivity index (χ0v) is 15.0. The van der Waals surface area contributed by atoms with Crippen LogP contribution in [0.15, 0.2) is 6.33 Å². The molecule has 0 aliphatic heterocycles. The Bertz CT molecular complexity index is 667. The number of nitrogens with one attached hydrogen (secondary N) is 1. The molecule has 0 saturated heterocycles. The first kappa shape index (κ1) is 17.6. The quantitative estimate of drug-likeness (QED) is 0.802. The summed E-state index contributed by atoms with van der Waals surface area (Å²) in [6, 6.07) is 0. The predicted octanol–water partition coefficient (Wildman–Crippen LogP) is 2.47. The average molecular weight is 336 g/mol. The number of rotatable bonds is 8. The van der Waals surface area contributed by atoms with Gasteiger partial charge in [-0.2, -0.15) is 0 Å². The lowest BCUT2D eigenvalue weighted by Crippen LogP contribution is -2.34. The Kier molecular flexibility index (Phi) is 6.29. The van der Waals surface area contributed by atoms with Crippen LogP contribution in [0.1, 0.15) is 36.0 Å². The van der Waals surface area contributed by atoms with E-state index in [0.29, 0.717) is 23.9 Å². The van der Waals surface area contributed by atoms with Crippen molar-refractivity contribution in [3.05, 3.63) is 16.8 Å². The molecule has 0 bridgehead atoms. The second kappa shape index (κ2) is 8.21. The van der Waals surface area contributed by atoms with Gasteiger partial charge in [-0.25, -0.2) is 9.97 Å². The molecule has 0 radical (unpaired) electrons. The Morgan fingerprint density at radius 1 is 1.30 bits per heavy atom. The Morgan fingerprint density at radius 2 is 2.04 bits per heavy atom. The van der Waals surface area contributed by atoms with E-state index in [9.17, 15) is 4.79 Å². The van der Waals surface area contributed by atoms with Crippen LogP contribution in [0.25, 0.3) is 10.2 Å². The van der Waals surface area contributed by atoms with E-state index in [1.165, 1.54) is 17.7 Å². The van der Waals surface area contributed by atoms with Crippen molar-refractivity contribution in [2.75, 3.05) is 32.8 Å². The number of amides is 1. The van der Waals surface area contributed by atoms with Crippen molar-refractivity contribution in [2.45, 2.75) is 27.7 Å². The Labute approximate surface area is 140 Å². The minimum absolute atomic E-state index is 0.0555. The minimum atomic E-state index is -0.0555. The molecule has 0 saturated carbocycles. The van der Waals surface area contributed by atoms with Gasteiger partial charge in [0.15, 0.2) is 0 Å². The molecule has 0 atom stereocenters. The fraction of sp³-hybridized carbons (Fsp3) is 0.562. The molecule has 7 heteroatoms. The maximum absolute atomic E-state index is 12.5. The zero-order chi connectivity index (χ0) is 16.8. The van der Waals surface area contributed by atoms with E-state index >= 15 is 0 Å². The van der Waals surface area contributed by atoms with Crippen LogP contribution in [0.3, 0.4) is 0 Å². The third kappa shape index (κ3) is 3.97. The van der Waals surface area contributed by atoms with Crippen LogP contribution in [-0.2, 0) is 0 Å². The van der Waals surface area contributed by atoms with E-state index in [-0.39, 0.29) is 5.91 Å². The lowest BCUT2D eigenvalue weighted by Gasteiger charge is -2.17. The van der Waals surface area contributed by atoms with Gasteiger partial charge >= 0.3 is 0 Å². The van der Waals surface area contributed by atoms with Gasteiger partial charge in [0.05, 0.1) is 16.9 Å². The van der Waals surface area contributed by atoms with Crippen molar-refractivity contribution >= 4 is 27.5 Å². The van der Waals surface area contributed by atoms with E-state index in [0.717, 1.165) is 35.4 Å². The third-order valence-corrected chi connectivity index (χ3v) is 4.99. The molecule has 0 unspecified atom stereocenters. The van der Waals surface area contributed by atoms with Crippen LogP contribution >= 0.6 is 11.3 Å². The highest BCUT2D eigenvalue weighted by atomic mass is 32.1. The molecule has 2 heterocycles. The number of hydrogen-bond acceptors (Lipinski definition) is 6. The zero-order valence-electron chi connectivity index (χ0n) is 14.2. The summed E-state index contributed by atoms with van der Waals surface area (Å²) in [5, 5.41) is 3.83. The first-order chi connectivity index (χ1) is 11.1. The van der Waals surface area contributed by atoms with Crippen LogP contribution in [0.4, 0.5) is 0 Å². The number of aryl methyl sites for hydroxylation is 1. The van der Waals surface area contributed by atoms with Crippen LogP contribution in [0, 0.1) is 6.92 Å². The summed E-state index contributed by atoms with van der Waals surface area (Å²) in [4.78, 5) is 24.6. The lowest BCUT2D eigenvalue weighted by atomic mass is 10.2. The molecule has 23 heavy (non-hydrogen) atoms. The second-order valence-electron chi connectivity index (χ2n) is 5.13. The van der Waals surface area contributed by atoms with Crippen molar-refractivity contribution < 1.29 is 9.53 Å². The first-order valence-corrected chi connectivity index (χ1v) is 8.81. The molecule has 0 aliphatic rings. The van der Waals surface area contributed by atoms with Crippen molar-refractivity contribution in [1.29, 1.82) is 0 Å². The maximum Gasteiger partial charge on any atom is 0.261 e. The molecule has 1 N–H and O–H groups in total. The van der Waals surface area contributed by atoms with Crippen LogP contribution < -0.4 is 10.1 Å². The van der Waals surface area contributed by atoms with Crippen molar-refractivity contribution in [2.24, 2.45) is 0 Å². The van der Waals surface area contributed by atoms with E-state index in [2.05, 4.69) is 34.0 Å². The molecule has 2 rings (SSSR count). The number of carbonyl (C=O) groups is 1. The number of ether oxygens (including phenoxy) is 1. The fourth-order valence-corrected chi connectivity index (χ4v) is 3.51. The second-order valence-corrected chi connectivity index (χ2v) is 6.13. The van der Waals surface area contributed by atoms with Crippen LogP contribution in [0.5, 0.6) is 5.88 Å². The van der Waals surface area contributed by atoms with E-state index in [1.807, 2.05) is 13.8 Å². The maximum atomic E-state index is 12.5. The highest BCUT2D eigenvalue weighted by Gasteiger charge is 2.19. The van der Waals surface area contributed by atoms with Crippen molar-refractivity contribution in [3.63, 3.8) is 0 Å². The van der Waals surface area contributed by atoms with Gasteiger partial charge in [-0.3, -0.25) is 4.79 Å². The number of fused-ring (bicyclic) bond motifs is 1. The first-order valence-electron chi connectivity index (χ1n) is 7.99. The van der Waals surface area contributed by atoms with Gasteiger partial charge in [0.2, 0.25) is 5.88 Å². The van der Waals surface area contributed by atoms with Crippen molar-refractivity contribution in [1.82, 2.24) is 20.2 Å². The van der Waals surface area contributed by atoms with Gasteiger partial charge in [0.1, 0.15) is 11.2 Å². The summed E-state index contributed by atoms with van der Waals surface area (Å²) in [5.74, 6) is 0.494. The molecule has 2 aromatic rings. The van der Waals surface area contributed by atoms with Gasteiger partial charge in [0.25, 0.3) is 5.91 Å². The number of nitrogens with zero attached hydrogens (tertiary/aromatic N) is 3. The molecule has 0 aromatic carbocycles. The molecule has 0 spiro atoms. The summed E-state index contributed by atoms with van der Waals surface area (Å²) in [7, 11) is 0. The van der Waals surface area contributed by atoms with Gasteiger partial charge in [-0.05, 0) is 32.5 Å². The molecule has 6 nitrogen and oxygen atoms in total. The molecule has 0 aliphatic carbocycles. The fourth-order valence-electron chi connectivity index (χ4n) is 2.45. The molecule has 1 amide bonds. The predicted molar refractivity (Wildman–Crippen MR) is 93.4 cm³/mol. The smallest absolute Gasteiger partial charge is 0.261 e. The highest BCUT2D eigenvalue weighted by molar-refractivity contribution is 7.20. The topological polar surface area (TPSA) is 67.3 Å². The molecule has 2 aromatic heterocycles. The summed E-state index contributed by atoms with van der Waals surface area (Å²) in [6.45, 7) is 12.1. The van der Waals surface area contributed by atoms with Crippen LogP contribution in [0.2, 0.25) is 0 Å². The standard InChI is InChI=1S/C16H24N4O2S/c1-5-20(6-2)9-8-17-14(21)13-11(4)12-15(22-7-3)18-10-19-16(12)23-13/h10H,5-9H2,1-4H3,(H,17,21). The SMILES string of the molecule is CCOc1ncnc2sc(C(=O)NCCN(CC)CC)c(C)c12. The Hall–Kier alpha value is -1.73. The third-order valence-electron chi connectivity index (χ3n) is 3.79. The molecular formula is C16H24N4O2S.